The van der Waals surface area contributed by atoms with Gasteiger partial charge >= 0.3 is 0 Å². The minimum atomic E-state index is -0.129. The van der Waals surface area contributed by atoms with Crippen molar-refractivity contribution in [2.24, 2.45) is 18.7 Å². The van der Waals surface area contributed by atoms with E-state index in [1.54, 1.807) is 17.8 Å². The summed E-state index contributed by atoms with van der Waals surface area (Å²) in [4.78, 5) is 12.2. The number of nitrogens with one attached hydrogen (secondary N) is 1. The third-order valence-electron chi connectivity index (χ3n) is 4.21. The van der Waals surface area contributed by atoms with Crippen LogP contribution in [-0.4, -0.2) is 40.5 Å². The third-order valence-corrected chi connectivity index (χ3v) is 4.21. The van der Waals surface area contributed by atoms with Gasteiger partial charge in [-0.3, -0.25) is 9.48 Å². The fourth-order valence-electron chi connectivity index (χ4n) is 3.17. The second-order valence-corrected chi connectivity index (χ2v) is 5.51. The van der Waals surface area contributed by atoms with Crippen LogP contribution in [0.2, 0.25) is 0 Å². The monoisotopic (exact) mass is 264 g/mol. The molecule has 4 unspecified atom stereocenters. The Morgan fingerprint density at radius 3 is 3.11 bits per heavy atom. The maximum atomic E-state index is 12.2. The molecule has 2 aliphatic rings. The number of amides is 1. The van der Waals surface area contributed by atoms with E-state index < -0.39 is 0 Å². The largest absolute Gasteiger partial charge is 0.376 e. The molecule has 19 heavy (non-hydrogen) atoms. The Hall–Kier alpha value is -1.40. The Kier molecular flexibility index (Phi) is 3.06. The molecule has 1 saturated carbocycles. The number of nitrogens with zero attached hydrogens (tertiary/aromatic N) is 2. The zero-order chi connectivity index (χ0) is 13.6. The van der Waals surface area contributed by atoms with Gasteiger partial charge in [0.2, 0.25) is 0 Å². The smallest absolute Gasteiger partial charge is 0.269 e. The molecule has 1 saturated heterocycles. The minimum Gasteiger partial charge on any atom is -0.376 e. The summed E-state index contributed by atoms with van der Waals surface area (Å²) in [5.74, 6) is 0.267. The molecule has 1 aromatic heterocycles. The summed E-state index contributed by atoms with van der Waals surface area (Å²) < 4.78 is 7.31. The van der Waals surface area contributed by atoms with Crippen LogP contribution in [0.25, 0.3) is 0 Å². The summed E-state index contributed by atoms with van der Waals surface area (Å²) in [6.07, 6.45) is 2.25. The number of carbonyl (C=O) groups is 1. The van der Waals surface area contributed by atoms with Gasteiger partial charge in [0.1, 0.15) is 5.69 Å². The van der Waals surface area contributed by atoms with Crippen molar-refractivity contribution in [3.8, 4) is 0 Å². The molecule has 104 valence electrons. The second-order valence-electron chi connectivity index (χ2n) is 5.51. The Morgan fingerprint density at radius 2 is 2.42 bits per heavy atom. The summed E-state index contributed by atoms with van der Waals surface area (Å²) in [6, 6.07) is 1.70. The average Bonchev–Trinajstić information content (AvgIpc) is 2.74. The fourth-order valence-corrected chi connectivity index (χ4v) is 3.17. The van der Waals surface area contributed by atoms with E-state index >= 15 is 0 Å². The van der Waals surface area contributed by atoms with Crippen molar-refractivity contribution in [2.45, 2.75) is 38.0 Å². The molecule has 1 aliphatic heterocycles. The first-order valence-corrected chi connectivity index (χ1v) is 6.76. The van der Waals surface area contributed by atoms with Gasteiger partial charge in [0.25, 0.3) is 5.91 Å². The molecular weight excluding hydrogens is 244 g/mol. The first kappa shape index (κ1) is 12.6. The molecule has 0 aromatic carbocycles. The number of carbonyl (C=O) groups excluding carboxylic acids is 1. The van der Waals surface area contributed by atoms with Crippen LogP contribution in [-0.2, 0) is 11.8 Å². The predicted molar refractivity (Wildman–Crippen MR) is 69.6 cm³/mol. The molecule has 4 atom stereocenters. The number of nitrogens with two attached hydrogens (primary N) is 1. The van der Waals surface area contributed by atoms with Gasteiger partial charge < -0.3 is 15.8 Å². The van der Waals surface area contributed by atoms with Crippen LogP contribution in [0.15, 0.2) is 6.07 Å². The van der Waals surface area contributed by atoms with Crippen molar-refractivity contribution in [1.82, 2.24) is 15.1 Å². The second kappa shape index (κ2) is 4.61. The Balaban J connectivity index is 1.68. The van der Waals surface area contributed by atoms with Crippen molar-refractivity contribution in [3.05, 3.63) is 17.5 Å². The van der Waals surface area contributed by atoms with Gasteiger partial charge in [0.05, 0.1) is 17.8 Å². The summed E-state index contributed by atoms with van der Waals surface area (Å²) in [6.45, 7) is 2.64. The van der Waals surface area contributed by atoms with Crippen LogP contribution >= 0.6 is 0 Å². The van der Waals surface area contributed by atoms with Crippen LogP contribution in [0.4, 0.5) is 0 Å². The lowest BCUT2D eigenvalue weighted by molar-refractivity contribution is -0.117. The quantitative estimate of drug-likeness (QED) is 0.785. The number of hydrogen-bond donors (Lipinski definition) is 2. The molecule has 0 spiro atoms. The summed E-state index contributed by atoms with van der Waals surface area (Å²) >= 11 is 0. The average molecular weight is 264 g/mol. The molecule has 6 nitrogen and oxygen atoms in total. The SMILES string of the molecule is Cc1cc(C(=O)NC2C(N)C3CCCOC32)n(C)n1. The van der Waals surface area contributed by atoms with Gasteiger partial charge in [0, 0.05) is 25.6 Å². The van der Waals surface area contributed by atoms with Gasteiger partial charge in [-0.15, -0.1) is 0 Å². The predicted octanol–water partition coefficient (Wildman–Crippen LogP) is -0.0370. The van der Waals surface area contributed by atoms with Crippen LogP contribution in [0.3, 0.4) is 0 Å². The number of hydrogen-bond acceptors (Lipinski definition) is 4. The van der Waals surface area contributed by atoms with Crippen molar-refractivity contribution in [3.63, 3.8) is 0 Å². The van der Waals surface area contributed by atoms with E-state index in [0.717, 1.165) is 25.1 Å². The number of ether oxygens (including phenoxy) is 1. The van der Waals surface area contributed by atoms with Crippen LogP contribution in [0.1, 0.15) is 29.0 Å². The summed E-state index contributed by atoms with van der Waals surface area (Å²) in [7, 11) is 1.77. The molecule has 1 aromatic rings. The normalized spacial score (nSPS) is 33.4. The molecular formula is C13H20N4O2. The van der Waals surface area contributed by atoms with Crippen LogP contribution < -0.4 is 11.1 Å². The standard InChI is InChI=1S/C13H20N4O2/c1-7-6-9(17(2)16-7)13(18)15-11-10(14)8-4-3-5-19-12(8)11/h6,8,10-12H,3-5,14H2,1-2H3,(H,15,18). The maximum Gasteiger partial charge on any atom is 0.269 e. The van der Waals surface area contributed by atoms with Crippen molar-refractivity contribution in [1.29, 1.82) is 0 Å². The topological polar surface area (TPSA) is 82.2 Å². The molecule has 1 aliphatic carbocycles. The van der Waals surface area contributed by atoms with Crippen molar-refractivity contribution in [2.75, 3.05) is 6.61 Å². The highest BCUT2D eigenvalue weighted by Crippen LogP contribution is 2.37. The Morgan fingerprint density at radius 1 is 1.63 bits per heavy atom. The molecule has 0 bridgehead atoms. The van der Waals surface area contributed by atoms with E-state index in [9.17, 15) is 4.79 Å². The Bertz CT molecular complexity index is 499. The van der Waals surface area contributed by atoms with Crippen molar-refractivity contribution >= 4 is 5.91 Å². The van der Waals surface area contributed by atoms with E-state index in [2.05, 4.69) is 10.4 Å². The van der Waals surface area contributed by atoms with E-state index in [1.807, 2.05) is 6.92 Å². The molecule has 0 radical (unpaired) electrons. The van der Waals surface area contributed by atoms with E-state index in [1.165, 1.54) is 0 Å². The highest BCUT2D eigenvalue weighted by molar-refractivity contribution is 5.93. The van der Waals surface area contributed by atoms with Gasteiger partial charge in [-0.25, -0.2) is 0 Å². The lowest BCUT2D eigenvalue weighted by atomic mass is 9.68. The third kappa shape index (κ3) is 2.04. The summed E-state index contributed by atoms with van der Waals surface area (Å²) in [5, 5.41) is 7.16. The lowest BCUT2D eigenvalue weighted by Gasteiger charge is -2.52. The summed E-state index contributed by atoms with van der Waals surface area (Å²) in [5.41, 5.74) is 7.52. The first-order valence-electron chi connectivity index (χ1n) is 6.76. The lowest BCUT2D eigenvalue weighted by Crippen LogP contribution is -2.72. The molecule has 1 amide bonds. The zero-order valence-electron chi connectivity index (χ0n) is 11.3. The van der Waals surface area contributed by atoms with Gasteiger partial charge in [-0.05, 0) is 25.8 Å². The number of fused-ring (bicyclic) bond motifs is 1. The van der Waals surface area contributed by atoms with Gasteiger partial charge in [-0.1, -0.05) is 0 Å². The number of aromatic nitrogens is 2. The van der Waals surface area contributed by atoms with Gasteiger partial charge in [-0.2, -0.15) is 5.10 Å². The van der Waals surface area contributed by atoms with Crippen LogP contribution in [0, 0.1) is 12.8 Å². The Labute approximate surface area is 112 Å². The molecule has 6 heteroatoms. The number of aryl methyl sites for hydroxylation is 2. The minimum absolute atomic E-state index is 0.00331. The van der Waals surface area contributed by atoms with E-state index in [4.69, 9.17) is 10.5 Å². The van der Waals surface area contributed by atoms with Crippen molar-refractivity contribution < 1.29 is 9.53 Å². The highest BCUT2D eigenvalue weighted by Gasteiger charge is 2.51. The maximum absolute atomic E-state index is 12.2. The molecule has 3 rings (SSSR count). The highest BCUT2D eigenvalue weighted by atomic mass is 16.5. The fraction of sp³-hybridized carbons (Fsp3) is 0.692. The van der Waals surface area contributed by atoms with Crippen LogP contribution in [0.5, 0.6) is 0 Å². The van der Waals surface area contributed by atoms with E-state index in [-0.39, 0.29) is 24.1 Å². The zero-order valence-corrected chi connectivity index (χ0v) is 11.3. The number of rotatable bonds is 2. The molecule has 2 fully saturated rings. The van der Waals surface area contributed by atoms with Gasteiger partial charge in [0.15, 0.2) is 0 Å². The molecule has 2 heterocycles. The molecule has 3 N–H and O–H groups in total. The van der Waals surface area contributed by atoms with E-state index in [0.29, 0.717) is 11.6 Å². The first-order chi connectivity index (χ1) is 9.08.